The first-order valence-electron chi connectivity index (χ1n) is 8.53. The van der Waals surface area contributed by atoms with Gasteiger partial charge in [-0.05, 0) is 41.8 Å². The Balaban J connectivity index is 1.30. The van der Waals surface area contributed by atoms with E-state index >= 15 is 0 Å². The van der Waals surface area contributed by atoms with E-state index in [1.165, 1.54) is 11.3 Å². The quantitative estimate of drug-likeness (QED) is 0.652. The molecule has 0 atom stereocenters. The molecule has 27 heavy (non-hydrogen) atoms. The summed E-state index contributed by atoms with van der Waals surface area (Å²) >= 11 is 7.49. The minimum absolute atomic E-state index is 0.0590. The number of aryl methyl sites for hydroxylation is 1. The number of fused-ring (bicyclic) bond motifs is 1. The number of rotatable bonds is 6. The van der Waals surface area contributed by atoms with Crippen LogP contribution in [0.4, 0.5) is 5.13 Å². The third-order valence-electron chi connectivity index (χ3n) is 4.15. The number of benzene rings is 2. The van der Waals surface area contributed by atoms with Crippen LogP contribution in [0.2, 0.25) is 5.02 Å². The molecule has 1 N–H and O–H groups in total. The molecule has 2 heterocycles. The Hall–Kier alpha value is -2.57. The molecule has 0 spiro atoms. The van der Waals surface area contributed by atoms with E-state index in [4.69, 9.17) is 21.1 Å². The molecule has 7 heteroatoms. The smallest absolute Gasteiger partial charge is 0.231 e. The van der Waals surface area contributed by atoms with Gasteiger partial charge in [-0.1, -0.05) is 29.8 Å². The van der Waals surface area contributed by atoms with Crippen molar-refractivity contribution in [1.82, 2.24) is 4.98 Å². The molecule has 5 nitrogen and oxygen atoms in total. The van der Waals surface area contributed by atoms with Crippen molar-refractivity contribution in [2.24, 2.45) is 0 Å². The van der Waals surface area contributed by atoms with Crippen molar-refractivity contribution < 1.29 is 14.3 Å². The van der Waals surface area contributed by atoms with Gasteiger partial charge in [-0.3, -0.25) is 4.79 Å². The van der Waals surface area contributed by atoms with Crippen LogP contribution in [0.1, 0.15) is 22.4 Å². The highest BCUT2D eigenvalue weighted by Crippen LogP contribution is 2.32. The molecular weight excluding hydrogens is 384 g/mol. The summed E-state index contributed by atoms with van der Waals surface area (Å²) in [5.74, 6) is 1.42. The summed E-state index contributed by atoms with van der Waals surface area (Å²) in [5, 5.41) is 4.20. The summed E-state index contributed by atoms with van der Waals surface area (Å²) in [5.41, 5.74) is 2.15. The summed E-state index contributed by atoms with van der Waals surface area (Å²) in [6, 6.07) is 13.5. The van der Waals surface area contributed by atoms with E-state index in [9.17, 15) is 4.79 Å². The molecular formula is C20H17ClN2O3S. The highest BCUT2D eigenvalue weighted by Gasteiger charge is 2.14. The van der Waals surface area contributed by atoms with Crippen LogP contribution in [0, 0.1) is 0 Å². The number of aromatic nitrogens is 1. The SMILES string of the molecule is O=C(CCc1ccc2c(c1)OCO2)Nc1ncc(Cc2cccc(Cl)c2)s1. The van der Waals surface area contributed by atoms with Crippen molar-refractivity contribution in [2.45, 2.75) is 19.3 Å². The predicted molar refractivity (Wildman–Crippen MR) is 106 cm³/mol. The molecule has 3 aromatic rings. The number of thiazole rings is 1. The average molecular weight is 401 g/mol. The number of hydrogen-bond donors (Lipinski definition) is 1. The van der Waals surface area contributed by atoms with E-state index in [0.29, 0.717) is 23.0 Å². The van der Waals surface area contributed by atoms with Gasteiger partial charge in [-0.2, -0.15) is 0 Å². The number of hydrogen-bond acceptors (Lipinski definition) is 5. The number of carbonyl (C=O) groups is 1. The number of carbonyl (C=O) groups excluding carboxylic acids is 1. The van der Waals surface area contributed by atoms with E-state index in [1.807, 2.05) is 42.5 Å². The Bertz CT molecular complexity index is 973. The maximum absolute atomic E-state index is 12.2. The second-order valence-corrected chi connectivity index (χ2v) is 7.73. The molecule has 0 saturated carbocycles. The van der Waals surface area contributed by atoms with Gasteiger partial charge in [0.15, 0.2) is 16.6 Å². The van der Waals surface area contributed by atoms with E-state index < -0.39 is 0 Å². The fourth-order valence-electron chi connectivity index (χ4n) is 2.83. The minimum Gasteiger partial charge on any atom is -0.454 e. The van der Waals surface area contributed by atoms with Crippen molar-refractivity contribution in [3.05, 3.63) is 69.7 Å². The number of ether oxygens (including phenoxy) is 2. The van der Waals surface area contributed by atoms with Crippen LogP contribution >= 0.6 is 22.9 Å². The van der Waals surface area contributed by atoms with Crippen molar-refractivity contribution in [3.8, 4) is 11.5 Å². The van der Waals surface area contributed by atoms with Gasteiger partial charge in [0, 0.05) is 28.9 Å². The van der Waals surface area contributed by atoms with Crippen LogP contribution < -0.4 is 14.8 Å². The zero-order valence-corrected chi connectivity index (χ0v) is 16.0. The standard InChI is InChI=1S/C20H17ClN2O3S/c21-15-3-1-2-14(8-15)9-16-11-22-20(27-16)23-19(24)7-5-13-4-6-17-18(10-13)26-12-25-17/h1-4,6,8,10-11H,5,7,9,12H2,(H,22,23,24). The van der Waals surface area contributed by atoms with E-state index in [1.54, 1.807) is 6.20 Å². The largest absolute Gasteiger partial charge is 0.454 e. The average Bonchev–Trinajstić information content (AvgIpc) is 3.29. The highest BCUT2D eigenvalue weighted by atomic mass is 35.5. The first-order valence-corrected chi connectivity index (χ1v) is 9.73. The molecule has 1 aliphatic heterocycles. The lowest BCUT2D eigenvalue weighted by molar-refractivity contribution is -0.116. The Morgan fingerprint density at radius 2 is 2.04 bits per heavy atom. The number of nitrogens with zero attached hydrogens (tertiary/aromatic N) is 1. The van der Waals surface area contributed by atoms with Crippen molar-refractivity contribution >= 4 is 34.0 Å². The molecule has 1 aromatic heterocycles. The van der Waals surface area contributed by atoms with Crippen LogP contribution in [0.5, 0.6) is 11.5 Å². The number of nitrogens with one attached hydrogen (secondary N) is 1. The molecule has 2 aromatic carbocycles. The zero-order valence-electron chi connectivity index (χ0n) is 14.4. The molecule has 0 bridgehead atoms. The molecule has 0 unspecified atom stereocenters. The van der Waals surface area contributed by atoms with E-state index in [2.05, 4.69) is 10.3 Å². The Morgan fingerprint density at radius 1 is 1.15 bits per heavy atom. The second kappa shape index (κ2) is 7.98. The van der Waals surface area contributed by atoms with Gasteiger partial charge in [-0.15, -0.1) is 11.3 Å². The topological polar surface area (TPSA) is 60.5 Å². The Morgan fingerprint density at radius 3 is 2.93 bits per heavy atom. The predicted octanol–water partition coefficient (Wildman–Crippen LogP) is 4.69. The van der Waals surface area contributed by atoms with E-state index in [0.717, 1.165) is 33.9 Å². The zero-order chi connectivity index (χ0) is 18.6. The van der Waals surface area contributed by atoms with Crippen molar-refractivity contribution in [2.75, 3.05) is 12.1 Å². The molecule has 0 saturated heterocycles. The van der Waals surface area contributed by atoms with Crippen LogP contribution in [-0.2, 0) is 17.6 Å². The van der Waals surface area contributed by atoms with E-state index in [-0.39, 0.29) is 12.7 Å². The van der Waals surface area contributed by atoms with Crippen molar-refractivity contribution in [3.63, 3.8) is 0 Å². The lowest BCUT2D eigenvalue weighted by atomic mass is 10.1. The highest BCUT2D eigenvalue weighted by molar-refractivity contribution is 7.15. The maximum Gasteiger partial charge on any atom is 0.231 e. The molecule has 0 fully saturated rings. The van der Waals surface area contributed by atoms with Crippen LogP contribution in [0.15, 0.2) is 48.7 Å². The third-order valence-corrected chi connectivity index (χ3v) is 5.29. The lowest BCUT2D eigenvalue weighted by Gasteiger charge is -2.04. The van der Waals surface area contributed by atoms with Gasteiger partial charge < -0.3 is 14.8 Å². The van der Waals surface area contributed by atoms with Gasteiger partial charge in [0.25, 0.3) is 0 Å². The summed E-state index contributed by atoms with van der Waals surface area (Å²) in [6.07, 6.45) is 3.54. The molecule has 4 rings (SSSR count). The summed E-state index contributed by atoms with van der Waals surface area (Å²) in [7, 11) is 0. The number of anilines is 1. The molecule has 1 aliphatic rings. The second-order valence-electron chi connectivity index (χ2n) is 6.17. The first kappa shape index (κ1) is 17.8. The monoisotopic (exact) mass is 400 g/mol. The molecule has 0 radical (unpaired) electrons. The van der Waals surface area contributed by atoms with Gasteiger partial charge >= 0.3 is 0 Å². The Labute approximate surface area is 165 Å². The van der Waals surface area contributed by atoms with Crippen LogP contribution in [0.25, 0.3) is 0 Å². The van der Waals surface area contributed by atoms with Gasteiger partial charge in [0.1, 0.15) is 0 Å². The fraction of sp³-hybridized carbons (Fsp3) is 0.200. The Kier molecular flexibility index (Phi) is 5.27. The van der Waals surface area contributed by atoms with Crippen LogP contribution in [0.3, 0.4) is 0 Å². The van der Waals surface area contributed by atoms with Gasteiger partial charge in [0.05, 0.1) is 0 Å². The molecule has 138 valence electrons. The molecule has 0 aliphatic carbocycles. The minimum atomic E-state index is -0.0590. The molecule has 1 amide bonds. The third kappa shape index (κ3) is 4.59. The number of halogens is 1. The summed E-state index contributed by atoms with van der Waals surface area (Å²) < 4.78 is 10.7. The van der Waals surface area contributed by atoms with Gasteiger partial charge in [-0.25, -0.2) is 4.98 Å². The van der Waals surface area contributed by atoms with Crippen molar-refractivity contribution in [1.29, 1.82) is 0 Å². The first-order chi connectivity index (χ1) is 13.2. The summed E-state index contributed by atoms with van der Waals surface area (Å²) in [6.45, 7) is 0.251. The number of amides is 1. The lowest BCUT2D eigenvalue weighted by Crippen LogP contribution is -2.12. The summed E-state index contributed by atoms with van der Waals surface area (Å²) in [4.78, 5) is 17.6. The van der Waals surface area contributed by atoms with Gasteiger partial charge in [0.2, 0.25) is 12.7 Å². The fourth-order valence-corrected chi connectivity index (χ4v) is 3.91. The normalized spacial score (nSPS) is 12.2. The maximum atomic E-state index is 12.2. The van der Waals surface area contributed by atoms with Crippen LogP contribution in [-0.4, -0.2) is 17.7 Å².